The highest BCUT2D eigenvalue weighted by atomic mass is 32.1. The van der Waals surface area contributed by atoms with E-state index in [1.165, 1.54) is 34.8 Å². The van der Waals surface area contributed by atoms with Crippen LogP contribution in [0.15, 0.2) is 53.2 Å². The van der Waals surface area contributed by atoms with E-state index in [2.05, 4.69) is 18.7 Å². The number of hydrogen-bond donors (Lipinski definition) is 0. The molecule has 0 unspecified atom stereocenters. The van der Waals surface area contributed by atoms with Crippen molar-refractivity contribution in [3.63, 3.8) is 0 Å². The molecule has 0 aliphatic heterocycles. The van der Waals surface area contributed by atoms with Crippen molar-refractivity contribution in [2.24, 2.45) is 0 Å². The van der Waals surface area contributed by atoms with Crippen molar-refractivity contribution >= 4 is 57.7 Å². The smallest absolute Gasteiger partial charge is 0.270 e. The molecule has 4 aromatic rings. The fourth-order valence-corrected chi connectivity index (χ4v) is 9.47. The molecule has 0 saturated carbocycles. The Kier molecular flexibility index (Phi) is 6.94. The number of carbonyl (C=O) groups is 3. The molecule has 10 heteroatoms. The number of aryl methyl sites for hydroxylation is 1. The van der Waals surface area contributed by atoms with Gasteiger partial charge in [0.15, 0.2) is 29.0 Å². The first-order valence-electron chi connectivity index (χ1n) is 14.7. The molecule has 0 N–H and O–H groups in total. The van der Waals surface area contributed by atoms with Crippen LogP contribution in [0.4, 0.5) is 13.2 Å². The first-order valence-corrected chi connectivity index (χ1v) is 16.3. The molecular formula is C37H21F3N2O3S2. The van der Waals surface area contributed by atoms with Crippen molar-refractivity contribution in [2.45, 2.75) is 39.0 Å². The lowest BCUT2D eigenvalue weighted by atomic mass is 9.75. The summed E-state index contributed by atoms with van der Waals surface area (Å²) < 4.78 is 42.2. The first kappa shape index (κ1) is 30.5. The van der Waals surface area contributed by atoms with E-state index < -0.39 is 40.2 Å². The molecule has 0 fully saturated rings. The Morgan fingerprint density at radius 3 is 1.74 bits per heavy atom. The Labute approximate surface area is 275 Å². The van der Waals surface area contributed by atoms with Gasteiger partial charge in [0.2, 0.25) is 0 Å². The fourth-order valence-electron chi connectivity index (χ4n) is 6.91. The molecule has 2 aromatic carbocycles. The zero-order valence-corrected chi connectivity index (χ0v) is 26.7. The third-order valence-electron chi connectivity index (χ3n) is 9.34. The van der Waals surface area contributed by atoms with Gasteiger partial charge in [0.1, 0.15) is 5.82 Å². The van der Waals surface area contributed by atoms with Crippen molar-refractivity contribution < 1.29 is 27.6 Å². The zero-order chi connectivity index (χ0) is 33.5. The van der Waals surface area contributed by atoms with Gasteiger partial charge in [-0.2, -0.15) is 0 Å². The molecule has 230 valence electrons. The molecule has 47 heavy (non-hydrogen) atoms. The molecule has 5 nitrogen and oxygen atoms in total. The molecule has 0 saturated heterocycles. The number of thiophene rings is 2. The summed E-state index contributed by atoms with van der Waals surface area (Å²) in [6.45, 7) is 13.3. The second-order valence-electron chi connectivity index (χ2n) is 11.6. The topological polar surface area (TPSA) is 79.4 Å². The first-order chi connectivity index (χ1) is 22.5. The minimum absolute atomic E-state index is 0.105. The Morgan fingerprint density at radius 1 is 0.787 bits per heavy atom. The lowest BCUT2D eigenvalue weighted by molar-refractivity contribution is 0.0988. The lowest BCUT2D eigenvalue weighted by Crippen LogP contribution is -2.22. The van der Waals surface area contributed by atoms with Crippen LogP contribution in [-0.2, 0) is 5.41 Å². The lowest BCUT2D eigenvalue weighted by Gasteiger charge is -2.28. The summed E-state index contributed by atoms with van der Waals surface area (Å²) in [6.07, 6.45) is 4.61. The van der Waals surface area contributed by atoms with E-state index in [-0.39, 0.29) is 39.1 Å². The summed E-state index contributed by atoms with van der Waals surface area (Å²) >= 11 is 2.83. The summed E-state index contributed by atoms with van der Waals surface area (Å²) in [5.74, 6) is -4.72. The van der Waals surface area contributed by atoms with Crippen LogP contribution >= 0.6 is 22.7 Å². The molecule has 0 radical (unpaired) electrons. The maximum absolute atomic E-state index is 14.5. The zero-order valence-electron chi connectivity index (χ0n) is 25.1. The summed E-state index contributed by atoms with van der Waals surface area (Å²) in [7, 11) is 0. The van der Waals surface area contributed by atoms with E-state index in [1.807, 2.05) is 18.2 Å². The minimum atomic E-state index is -1.20. The Balaban J connectivity index is 1.34. The van der Waals surface area contributed by atoms with Gasteiger partial charge in [0, 0.05) is 52.8 Å². The van der Waals surface area contributed by atoms with Crippen molar-refractivity contribution in [1.29, 1.82) is 5.26 Å². The summed E-state index contributed by atoms with van der Waals surface area (Å²) in [5.41, 5.74) is 2.07. The van der Waals surface area contributed by atoms with Crippen LogP contribution in [0.25, 0.3) is 32.3 Å². The van der Waals surface area contributed by atoms with Crippen LogP contribution in [0.3, 0.4) is 0 Å². The highest BCUT2D eigenvalue weighted by Crippen LogP contribution is 2.59. The van der Waals surface area contributed by atoms with E-state index in [4.69, 9.17) is 6.57 Å². The number of nitrogens with zero attached hydrogens (tertiary/aromatic N) is 2. The second-order valence-corrected chi connectivity index (χ2v) is 13.7. The van der Waals surface area contributed by atoms with E-state index >= 15 is 0 Å². The number of fused-ring (bicyclic) bond motifs is 5. The maximum Gasteiger partial charge on any atom is 0.270 e. The number of hydrogen-bond acceptors (Lipinski definition) is 6. The summed E-state index contributed by atoms with van der Waals surface area (Å²) in [4.78, 5) is 46.3. The molecule has 3 aliphatic carbocycles. The standard InChI is InChI=1S/C37H21F3N2O3S2/c1-5-37(6-2)25-10-17(8-23-31(30(15-41)42-4)19-7-16(3)27(38)12-20(19)32(23)43)46-35(25)36-26(37)11-18(47-36)9-24-33(44)21-13-28(39)29(40)14-22(21)34(24)45/h7-14H,5-6H2,1-3H3/b23-8-,31-30?. The van der Waals surface area contributed by atoms with Gasteiger partial charge in [-0.1, -0.05) is 13.8 Å². The molecular weight excluding hydrogens is 642 g/mol. The summed E-state index contributed by atoms with van der Waals surface area (Å²) in [5, 5.41) is 9.75. The van der Waals surface area contributed by atoms with Gasteiger partial charge in [-0.15, -0.1) is 22.7 Å². The van der Waals surface area contributed by atoms with Crippen LogP contribution in [-0.4, -0.2) is 17.3 Å². The Hall–Kier alpha value is -5.16. The molecule has 2 aromatic heterocycles. The Bertz CT molecular complexity index is 2290. The van der Waals surface area contributed by atoms with Crippen LogP contribution in [0.2, 0.25) is 0 Å². The largest absolute Gasteiger partial charge is 0.289 e. The molecule has 0 atom stereocenters. The van der Waals surface area contributed by atoms with E-state index in [0.29, 0.717) is 20.9 Å². The predicted octanol–water partition coefficient (Wildman–Crippen LogP) is 9.52. The number of nitriles is 1. The van der Waals surface area contributed by atoms with E-state index in [1.54, 1.807) is 13.0 Å². The molecule has 7 rings (SSSR count). The average Bonchev–Trinajstić information content (AvgIpc) is 3.82. The molecule has 2 heterocycles. The third-order valence-corrected chi connectivity index (χ3v) is 11.7. The highest BCUT2D eigenvalue weighted by molar-refractivity contribution is 7.23. The Morgan fingerprint density at radius 2 is 1.26 bits per heavy atom. The van der Waals surface area contributed by atoms with Crippen LogP contribution in [0.5, 0.6) is 0 Å². The number of carbonyl (C=O) groups excluding carboxylic acids is 3. The van der Waals surface area contributed by atoms with Gasteiger partial charge in [0.05, 0.1) is 18.2 Å². The van der Waals surface area contributed by atoms with Gasteiger partial charge in [-0.05, 0) is 90.6 Å². The van der Waals surface area contributed by atoms with E-state index in [0.717, 1.165) is 51.9 Å². The second kappa shape index (κ2) is 10.7. The highest BCUT2D eigenvalue weighted by Gasteiger charge is 2.44. The summed E-state index contributed by atoms with van der Waals surface area (Å²) in [6, 6.07) is 10.0. The van der Waals surface area contributed by atoms with E-state index in [9.17, 15) is 32.8 Å². The van der Waals surface area contributed by atoms with Gasteiger partial charge < -0.3 is 0 Å². The van der Waals surface area contributed by atoms with Crippen molar-refractivity contribution in [2.75, 3.05) is 0 Å². The molecule has 0 bridgehead atoms. The van der Waals surface area contributed by atoms with Crippen molar-refractivity contribution in [3.8, 4) is 15.8 Å². The molecule has 3 aliphatic rings. The quantitative estimate of drug-likeness (QED) is 0.0944. The van der Waals surface area contributed by atoms with Crippen LogP contribution in [0.1, 0.15) is 89.8 Å². The van der Waals surface area contributed by atoms with Crippen LogP contribution < -0.4 is 0 Å². The SMILES string of the molecule is [C-]#[N+]C(C#N)=C1/C(=C/c2cc3c(s2)-c2sc(C=C4C(=O)c5cc(F)c(F)cc5C4=O)cc2C3(CC)CC)C(=O)c2cc(F)c(C)cc21. The number of halogens is 3. The predicted molar refractivity (Wildman–Crippen MR) is 175 cm³/mol. The maximum atomic E-state index is 14.5. The number of rotatable bonds is 4. The van der Waals surface area contributed by atoms with Crippen LogP contribution in [0, 0.1) is 42.3 Å². The minimum Gasteiger partial charge on any atom is -0.289 e. The molecule has 0 spiro atoms. The average molecular weight is 663 g/mol. The van der Waals surface area contributed by atoms with Crippen molar-refractivity contribution in [1.82, 2.24) is 0 Å². The normalized spacial score (nSPS) is 17.4. The van der Waals surface area contributed by atoms with Gasteiger partial charge in [-0.25, -0.2) is 23.3 Å². The van der Waals surface area contributed by atoms with Gasteiger partial charge in [-0.3, -0.25) is 14.4 Å². The van der Waals surface area contributed by atoms with Gasteiger partial charge >= 0.3 is 0 Å². The van der Waals surface area contributed by atoms with Crippen molar-refractivity contribution in [3.05, 3.63) is 131 Å². The number of Topliss-reactive ketones (excluding diaryl/α,β-unsaturated/α-hetero) is 3. The molecule has 0 amide bonds. The number of ketones is 3. The number of benzene rings is 2. The number of allylic oxidation sites excluding steroid dienone is 4. The third kappa shape index (κ3) is 4.22. The monoisotopic (exact) mass is 662 g/mol. The fraction of sp³-hybridized carbons (Fsp3) is 0.162. The van der Waals surface area contributed by atoms with Gasteiger partial charge in [0.25, 0.3) is 5.70 Å².